The molecule has 0 aliphatic carbocycles. The van der Waals surface area contributed by atoms with Crippen LogP contribution in [-0.2, 0) is 13.1 Å². The molecule has 0 aliphatic rings. The van der Waals surface area contributed by atoms with Crippen LogP contribution in [0, 0.1) is 5.82 Å². The standard InChI is InChI=1S/C17H20FNO/c1-13(2)20-17-6-4-3-5-15(17)12-19-11-14-7-9-16(18)10-8-14/h3-10,13,19H,11-12H2,1-2H3. The summed E-state index contributed by atoms with van der Waals surface area (Å²) in [6.45, 7) is 5.46. The molecule has 0 radical (unpaired) electrons. The van der Waals surface area contributed by atoms with Gasteiger partial charge in [-0.1, -0.05) is 30.3 Å². The molecule has 2 rings (SSSR count). The molecule has 0 unspecified atom stereocenters. The number of benzene rings is 2. The van der Waals surface area contributed by atoms with Crippen LogP contribution < -0.4 is 10.1 Å². The first kappa shape index (κ1) is 14.5. The van der Waals surface area contributed by atoms with Crippen molar-refractivity contribution < 1.29 is 9.13 Å². The van der Waals surface area contributed by atoms with Gasteiger partial charge in [0.25, 0.3) is 0 Å². The Kier molecular flexibility index (Phi) is 5.13. The van der Waals surface area contributed by atoms with Crippen molar-refractivity contribution in [2.24, 2.45) is 0 Å². The molecule has 0 amide bonds. The lowest BCUT2D eigenvalue weighted by Gasteiger charge is -2.14. The molecular formula is C17H20FNO. The van der Waals surface area contributed by atoms with Gasteiger partial charge < -0.3 is 10.1 Å². The van der Waals surface area contributed by atoms with E-state index in [2.05, 4.69) is 11.4 Å². The zero-order chi connectivity index (χ0) is 14.4. The van der Waals surface area contributed by atoms with E-state index in [0.29, 0.717) is 6.54 Å². The second kappa shape index (κ2) is 7.06. The second-order valence-corrected chi connectivity index (χ2v) is 5.00. The molecule has 1 N–H and O–H groups in total. The maximum atomic E-state index is 12.8. The summed E-state index contributed by atoms with van der Waals surface area (Å²) in [5, 5.41) is 3.35. The van der Waals surface area contributed by atoms with Gasteiger partial charge in [-0.15, -0.1) is 0 Å². The predicted molar refractivity (Wildman–Crippen MR) is 79.1 cm³/mol. The molecule has 106 valence electrons. The summed E-state index contributed by atoms with van der Waals surface area (Å²) < 4.78 is 18.6. The zero-order valence-corrected chi connectivity index (χ0v) is 11.9. The fourth-order valence-electron chi connectivity index (χ4n) is 1.96. The number of rotatable bonds is 6. The van der Waals surface area contributed by atoms with Gasteiger partial charge in [-0.05, 0) is 37.6 Å². The van der Waals surface area contributed by atoms with Crippen LogP contribution in [-0.4, -0.2) is 6.10 Å². The number of hydrogen-bond donors (Lipinski definition) is 1. The molecule has 20 heavy (non-hydrogen) atoms. The molecule has 0 aliphatic heterocycles. The van der Waals surface area contributed by atoms with Crippen molar-refractivity contribution in [1.82, 2.24) is 5.32 Å². The van der Waals surface area contributed by atoms with E-state index in [1.807, 2.05) is 32.0 Å². The Morgan fingerprint density at radius 3 is 2.40 bits per heavy atom. The van der Waals surface area contributed by atoms with Crippen molar-refractivity contribution in [2.45, 2.75) is 33.0 Å². The van der Waals surface area contributed by atoms with Crippen LogP contribution in [0.25, 0.3) is 0 Å². The number of para-hydroxylation sites is 1. The highest BCUT2D eigenvalue weighted by atomic mass is 19.1. The minimum atomic E-state index is -0.204. The Balaban J connectivity index is 1.92. The highest BCUT2D eigenvalue weighted by Crippen LogP contribution is 2.19. The first-order valence-corrected chi connectivity index (χ1v) is 6.85. The predicted octanol–water partition coefficient (Wildman–Crippen LogP) is 3.90. The van der Waals surface area contributed by atoms with Crippen LogP contribution in [0.1, 0.15) is 25.0 Å². The van der Waals surface area contributed by atoms with Gasteiger partial charge in [0.05, 0.1) is 6.10 Å². The molecule has 0 bridgehead atoms. The van der Waals surface area contributed by atoms with Crippen molar-refractivity contribution in [3.05, 3.63) is 65.5 Å². The zero-order valence-electron chi connectivity index (χ0n) is 11.9. The highest BCUT2D eigenvalue weighted by molar-refractivity contribution is 5.33. The monoisotopic (exact) mass is 273 g/mol. The van der Waals surface area contributed by atoms with Crippen LogP contribution in [0.15, 0.2) is 48.5 Å². The van der Waals surface area contributed by atoms with Crippen molar-refractivity contribution in [3.63, 3.8) is 0 Å². The topological polar surface area (TPSA) is 21.3 Å². The summed E-state index contributed by atoms with van der Waals surface area (Å²) in [5.41, 5.74) is 2.19. The maximum Gasteiger partial charge on any atom is 0.124 e. The van der Waals surface area contributed by atoms with E-state index in [4.69, 9.17) is 4.74 Å². The average molecular weight is 273 g/mol. The van der Waals surface area contributed by atoms with Gasteiger partial charge >= 0.3 is 0 Å². The third kappa shape index (κ3) is 4.35. The fraction of sp³-hybridized carbons (Fsp3) is 0.294. The van der Waals surface area contributed by atoms with Gasteiger partial charge in [-0.2, -0.15) is 0 Å². The molecule has 0 atom stereocenters. The summed E-state index contributed by atoms with van der Waals surface area (Å²) in [6, 6.07) is 14.5. The summed E-state index contributed by atoms with van der Waals surface area (Å²) in [5.74, 6) is 0.707. The molecule has 0 fully saturated rings. The number of halogens is 1. The van der Waals surface area contributed by atoms with E-state index in [0.717, 1.165) is 23.4 Å². The smallest absolute Gasteiger partial charge is 0.124 e. The lowest BCUT2D eigenvalue weighted by molar-refractivity contribution is 0.239. The van der Waals surface area contributed by atoms with Crippen molar-refractivity contribution >= 4 is 0 Å². The number of hydrogen-bond acceptors (Lipinski definition) is 2. The quantitative estimate of drug-likeness (QED) is 0.861. The Morgan fingerprint density at radius 2 is 1.70 bits per heavy atom. The minimum absolute atomic E-state index is 0.160. The minimum Gasteiger partial charge on any atom is -0.491 e. The fourth-order valence-corrected chi connectivity index (χ4v) is 1.96. The number of nitrogens with one attached hydrogen (secondary N) is 1. The van der Waals surface area contributed by atoms with Crippen LogP contribution in [0.4, 0.5) is 4.39 Å². The molecule has 3 heteroatoms. The van der Waals surface area contributed by atoms with Gasteiger partial charge in [-0.3, -0.25) is 0 Å². The van der Waals surface area contributed by atoms with Crippen LogP contribution in [0.3, 0.4) is 0 Å². The van der Waals surface area contributed by atoms with Gasteiger partial charge in [0.1, 0.15) is 11.6 Å². The Morgan fingerprint density at radius 1 is 1.00 bits per heavy atom. The van der Waals surface area contributed by atoms with Crippen molar-refractivity contribution in [1.29, 1.82) is 0 Å². The van der Waals surface area contributed by atoms with Crippen LogP contribution in [0.5, 0.6) is 5.75 Å². The van der Waals surface area contributed by atoms with E-state index >= 15 is 0 Å². The molecule has 2 nitrogen and oxygen atoms in total. The van der Waals surface area contributed by atoms with E-state index < -0.39 is 0 Å². The van der Waals surface area contributed by atoms with Crippen LogP contribution >= 0.6 is 0 Å². The first-order chi connectivity index (χ1) is 9.65. The van der Waals surface area contributed by atoms with Crippen molar-refractivity contribution in [2.75, 3.05) is 0 Å². The lowest BCUT2D eigenvalue weighted by Crippen LogP contribution is -2.15. The lowest BCUT2D eigenvalue weighted by atomic mass is 10.2. The molecular weight excluding hydrogens is 253 g/mol. The third-order valence-electron chi connectivity index (χ3n) is 2.89. The Hall–Kier alpha value is -1.87. The molecule has 0 saturated carbocycles. The third-order valence-corrected chi connectivity index (χ3v) is 2.89. The summed E-state index contributed by atoms with van der Waals surface area (Å²) in [4.78, 5) is 0. The first-order valence-electron chi connectivity index (χ1n) is 6.85. The summed E-state index contributed by atoms with van der Waals surface area (Å²) in [6.07, 6.45) is 0.160. The largest absolute Gasteiger partial charge is 0.491 e. The SMILES string of the molecule is CC(C)Oc1ccccc1CNCc1ccc(F)cc1. The second-order valence-electron chi connectivity index (χ2n) is 5.00. The van der Waals surface area contributed by atoms with Crippen LogP contribution in [0.2, 0.25) is 0 Å². The molecule has 0 aromatic heterocycles. The highest BCUT2D eigenvalue weighted by Gasteiger charge is 2.04. The average Bonchev–Trinajstić information content (AvgIpc) is 2.42. The van der Waals surface area contributed by atoms with Gasteiger partial charge in [0, 0.05) is 18.7 Å². The Bertz CT molecular complexity index is 537. The van der Waals surface area contributed by atoms with Gasteiger partial charge in [-0.25, -0.2) is 4.39 Å². The van der Waals surface area contributed by atoms with E-state index in [1.54, 1.807) is 12.1 Å². The van der Waals surface area contributed by atoms with E-state index in [9.17, 15) is 4.39 Å². The van der Waals surface area contributed by atoms with Gasteiger partial charge in [0.15, 0.2) is 0 Å². The molecule has 0 spiro atoms. The van der Waals surface area contributed by atoms with E-state index in [-0.39, 0.29) is 11.9 Å². The molecule has 0 heterocycles. The molecule has 0 saturated heterocycles. The summed E-state index contributed by atoms with van der Waals surface area (Å²) >= 11 is 0. The normalized spacial score (nSPS) is 10.8. The van der Waals surface area contributed by atoms with E-state index in [1.165, 1.54) is 12.1 Å². The maximum absolute atomic E-state index is 12.8. The van der Waals surface area contributed by atoms with Gasteiger partial charge in [0.2, 0.25) is 0 Å². The summed E-state index contributed by atoms with van der Waals surface area (Å²) in [7, 11) is 0. The molecule has 2 aromatic rings. The Labute approximate surface area is 119 Å². The van der Waals surface area contributed by atoms with Crippen molar-refractivity contribution in [3.8, 4) is 5.75 Å². The molecule has 2 aromatic carbocycles. The number of ether oxygens (including phenoxy) is 1.